The summed E-state index contributed by atoms with van der Waals surface area (Å²) in [5.41, 5.74) is 4.87. The third-order valence-corrected chi connectivity index (χ3v) is 2.96. The predicted octanol–water partition coefficient (Wildman–Crippen LogP) is -0.0595. The van der Waals surface area contributed by atoms with E-state index in [1.54, 1.807) is 0 Å². The molecule has 1 fully saturated rings. The van der Waals surface area contributed by atoms with Crippen LogP contribution in [0.2, 0.25) is 0 Å². The molecule has 7 heteroatoms. The zero-order valence-corrected chi connectivity index (χ0v) is 10.2. The van der Waals surface area contributed by atoms with E-state index in [-0.39, 0.29) is 29.4 Å². The number of ketones is 1. The summed E-state index contributed by atoms with van der Waals surface area (Å²) in [5.74, 6) is -0.689. The molecule has 1 saturated heterocycles. The van der Waals surface area contributed by atoms with E-state index in [2.05, 4.69) is 21.2 Å². The monoisotopic (exact) mass is 292 g/mol. The number of hydrogen-bond donors (Lipinski definition) is 2. The van der Waals surface area contributed by atoms with Crippen molar-refractivity contribution < 1.29 is 19.1 Å². The largest absolute Gasteiger partial charge is 0.438 e. The fraction of sp³-hybridized carbons (Fsp3) is 0.667. The molecular weight excluding hydrogens is 280 g/mol. The molecule has 2 atom stereocenters. The van der Waals surface area contributed by atoms with E-state index < -0.39 is 12.2 Å². The molecule has 0 aliphatic carbocycles. The number of nitrogens with one attached hydrogen (secondary N) is 1. The molecule has 3 N–H and O–H groups in total. The summed E-state index contributed by atoms with van der Waals surface area (Å²) in [6.07, 6.45) is -1.10. The van der Waals surface area contributed by atoms with Crippen LogP contribution >= 0.6 is 15.9 Å². The van der Waals surface area contributed by atoms with Gasteiger partial charge in [0.05, 0.1) is 5.33 Å². The van der Waals surface area contributed by atoms with Gasteiger partial charge in [-0.2, -0.15) is 0 Å². The molecule has 1 rings (SSSR count). The summed E-state index contributed by atoms with van der Waals surface area (Å²) in [6, 6.07) is 0. The summed E-state index contributed by atoms with van der Waals surface area (Å²) >= 11 is 2.99. The van der Waals surface area contributed by atoms with Crippen molar-refractivity contribution in [2.75, 3.05) is 11.9 Å². The molecule has 1 aliphatic rings. The second kappa shape index (κ2) is 5.83. The van der Waals surface area contributed by atoms with Crippen molar-refractivity contribution in [1.82, 2.24) is 5.32 Å². The van der Waals surface area contributed by atoms with Gasteiger partial charge in [0.1, 0.15) is 0 Å². The molecule has 0 aromatic carbocycles. The Hall–Kier alpha value is -1.11. The molecule has 0 aromatic heterocycles. The minimum atomic E-state index is -1.00. The lowest BCUT2D eigenvalue weighted by Crippen LogP contribution is -2.34. The van der Waals surface area contributed by atoms with E-state index in [4.69, 9.17) is 10.5 Å². The van der Waals surface area contributed by atoms with E-state index in [9.17, 15) is 14.4 Å². The van der Waals surface area contributed by atoms with E-state index in [0.717, 1.165) is 0 Å². The number of hydrogen-bond acceptors (Lipinski definition) is 4. The number of Topliss-reactive ketones (excluding diaryl/α,β-unsaturated/α-hetero) is 1. The molecule has 90 valence electrons. The molecule has 0 unspecified atom stereocenters. The van der Waals surface area contributed by atoms with Crippen LogP contribution in [-0.2, 0) is 14.3 Å². The van der Waals surface area contributed by atoms with Crippen molar-refractivity contribution in [3.8, 4) is 0 Å². The minimum absolute atomic E-state index is 0.0687. The Morgan fingerprint density at radius 1 is 1.62 bits per heavy atom. The molecule has 6 nitrogen and oxygen atoms in total. The Morgan fingerprint density at radius 3 is 2.75 bits per heavy atom. The highest BCUT2D eigenvalue weighted by molar-refractivity contribution is 9.09. The lowest BCUT2D eigenvalue weighted by molar-refractivity contribution is -0.127. The van der Waals surface area contributed by atoms with Crippen molar-refractivity contribution in [3.05, 3.63) is 0 Å². The Labute approximate surface area is 101 Å². The summed E-state index contributed by atoms with van der Waals surface area (Å²) in [7, 11) is 0. The number of rotatable bonds is 5. The van der Waals surface area contributed by atoms with Crippen LogP contribution < -0.4 is 11.1 Å². The maximum absolute atomic E-state index is 11.4. The van der Waals surface area contributed by atoms with Crippen molar-refractivity contribution in [3.63, 3.8) is 0 Å². The van der Waals surface area contributed by atoms with Crippen LogP contribution in [0.5, 0.6) is 0 Å². The Morgan fingerprint density at radius 2 is 2.31 bits per heavy atom. The normalized spacial score (nSPS) is 21.3. The van der Waals surface area contributed by atoms with Crippen molar-refractivity contribution >= 4 is 33.7 Å². The quantitative estimate of drug-likeness (QED) is 0.694. The number of amides is 2. The number of alkyl halides is 1. The van der Waals surface area contributed by atoms with Crippen molar-refractivity contribution in [2.24, 2.45) is 11.7 Å². The summed E-state index contributed by atoms with van der Waals surface area (Å²) in [4.78, 5) is 33.3. The van der Waals surface area contributed by atoms with Crippen LogP contribution in [0.3, 0.4) is 0 Å². The van der Waals surface area contributed by atoms with Gasteiger partial charge in [0, 0.05) is 18.9 Å². The molecule has 0 bridgehead atoms. The first kappa shape index (κ1) is 13.0. The first-order valence-electron chi connectivity index (χ1n) is 4.87. The van der Waals surface area contributed by atoms with Crippen LogP contribution in [0.4, 0.5) is 4.79 Å². The zero-order chi connectivity index (χ0) is 12.1. The van der Waals surface area contributed by atoms with Gasteiger partial charge in [-0.15, -0.1) is 0 Å². The van der Waals surface area contributed by atoms with Gasteiger partial charge in [0.2, 0.25) is 5.91 Å². The fourth-order valence-corrected chi connectivity index (χ4v) is 1.96. The Balaban J connectivity index is 2.58. The summed E-state index contributed by atoms with van der Waals surface area (Å²) < 4.78 is 4.69. The van der Waals surface area contributed by atoms with Crippen LogP contribution in [0, 0.1) is 5.92 Å². The number of carbonyl (C=O) groups excluding carboxylic acids is 3. The van der Waals surface area contributed by atoms with E-state index in [0.29, 0.717) is 13.0 Å². The van der Waals surface area contributed by atoms with Gasteiger partial charge in [-0.05, 0) is 6.42 Å². The molecule has 16 heavy (non-hydrogen) atoms. The molecule has 1 aliphatic heterocycles. The smallest absolute Gasteiger partial charge is 0.405 e. The third kappa shape index (κ3) is 3.48. The van der Waals surface area contributed by atoms with Gasteiger partial charge in [-0.25, -0.2) is 4.79 Å². The molecule has 2 amide bonds. The second-order valence-corrected chi connectivity index (χ2v) is 4.10. The molecule has 0 aromatic rings. The molecule has 0 radical (unpaired) electrons. The lowest BCUT2D eigenvalue weighted by atomic mass is 9.98. The third-order valence-electron chi connectivity index (χ3n) is 2.41. The lowest BCUT2D eigenvalue weighted by Gasteiger charge is -2.16. The first-order valence-corrected chi connectivity index (χ1v) is 5.99. The maximum atomic E-state index is 11.4. The highest BCUT2D eigenvalue weighted by Gasteiger charge is 2.31. The topological polar surface area (TPSA) is 98.5 Å². The maximum Gasteiger partial charge on any atom is 0.405 e. The highest BCUT2D eigenvalue weighted by Crippen LogP contribution is 2.18. The molecule has 1 heterocycles. The minimum Gasteiger partial charge on any atom is -0.438 e. The summed E-state index contributed by atoms with van der Waals surface area (Å²) in [6.45, 7) is 0.593. The SMILES string of the molecule is NC(=O)O[C@@H](C[C@@H]1CCNC1=O)C(=O)CBr. The van der Waals surface area contributed by atoms with Crippen molar-refractivity contribution in [2.45, 2.75) is 18.9 Å². The van der Waals surface area contributed by atoms with E-state index in [1.807, 2.05) is 0 Å². The number of nitrogens with two attached hydrogens (primary N) is 1. The number of halogens is 1. The average molecular weight is 293 g/mol. The Kier molecular flexibility index (Phi) is 4.72. The Bertz CT molecular complexity index is 308. The van der Waals surface area contributed by atoms with Gasteiger partial charge in [0.25, 0.3) is 0 Å². The van der Waals surface area contributed by atoms with Gasteiger partial charge in [-0.1, -0.05) is 15.9 Å². The van der Waals surface area contributed by atoms with Crippen LogP contribution in [0.1, 0.15) is 12.8 Å². The van der Waals surface area contributed by atoms with Gasteiger partial charge in [-0.3, -0.25) is 9.59 Å². The van der Waals surface area contributed by atoms with Crippen LogP contribution in [-0.4, -0.2) is 35.8 Å². The van der Waals surface area contributed by atoms with Gasteiger partial charge >= 0.3 is 6.09 Å². The zero-order valence-electron chi connectivity index (χ0n) is 8.57. The van der Waals surface area contributed by atoms with Gasteiger partial charge < -0.3 is 15.8 Å². The second-order valence-electron chi connectivity index (χ2n) is 3.54. The molecule has 0 saturated carbocycles. The summed E-state index contributed by atoms with van der Waals surface area (Å²) in [5, 5.41) is 2.72. The number of carbonyl (C=O) groups is 3. The van der Waals surface area contributed by atoms with Crippen molar-refractivity contribution in [1.29, 1.82) is 0 Å². The first-order chi connectivity index (χ1) is 7.54. The number of ether oxygens (including phenoxy) is 1. The standard InChI is InChI=1S/C9H13BrN2O4/c10-4-6(13)7(16-9(11)15)3-5-1-2-12-8(5)14/h5,7H,1-4H2,(H2,11,15)(H,12,14)/t5-,7-/m0/s1. The highest BCUT2D eigenvalue weighted by atomic mass is 79.9. The van der Waals surface area contributed by atoms with Gasteiger partial charge in [0.15, 0.2) is 11.9 Å². The molecule has 0 spiro atoms. The fourth-order valence-electron chi connectivity index (χ4n) is 1.60. The predicted molar refractivity (Wildman–Crippen MR) is 59.0 cm³/mol. The molecular formula is C9H13BrN2O4. The van der Waals surface area contributed by atoms with Crippen LogP contribution in [0.25, 0.3) is 0 Å². The average Bonchev–Trinajstić information content (AvgIpc) is 2.61. The number of primary amides is 1. The van der Waals surface area contributed by atoms with Crippen LogP contribution in [0.15, 0.2) is 0 Å². The van der Waals surface area contributed by atoms with E-state index >= 15 is 0 Å². The van der Waals surface area contributed by atoms with E-state index in [1.165, 1.54) is 0 Å².